The van der Waals surface area contributed by atoms with E-state index in [0.29, 0.717) is 17.9 Å². The molecule has 0 aliphatic carbocycles. The van der Waals surface area contributed by atoms with Crippen molar-refractivity contribution < 1.29 is 4.79 Å². The van der Waals surface area contributed by atoms with Crippen LogP contribution in [0.5, 0.6) is 0 Å². The highest BCUT2D eigenvalue weighted by molar-refractivity contribution is 6.04. The maximum absolute atomic E-state index is 12.1. The molecule has 2 rings (SSSR count). The van der Waals surface area contributed by atoms with Crippen molar-refractivity contribution in [2.24, 2.45) is 5.73 Å². The second-order valence-electron chi connectivity index (χ2n) is 3.99. The number of nitrogens with two attached hydrogens (primary N) is 1. The Labute approximate surface area is 106 Å². The van der Waals surface area contributed by atoms with Crippen molar-refractivity contribution in [3.05, 3.63) is 59.3 Å². The van der Waals surface area contributed by atoms with Crippen LogP contribution in [0.2, 0.25) is 0 Å². The topological polar surface area (TPSA) is 68.0 Å². The van der Waals surface area contributed by atoms with E-state index < -0.39 is 0 Å². The Bertz CT molecular complexity index is 566. The van der Waals surface area contributed by atoms with Gasteiger partial charge in [-0.05, 0) is 30.7 Å². The number of nitrogens with one attached hydrogen (secondary N) is 1. The summed E-state index contributed by atoms with van der Waals surface area (Å²) in [6, 6.07) is 12.8. The first-order chi connectivity index (χ1) is 8.70. The van der Waals surface area contributed by atoms with Gasteiger partial charge in [0.2, 0.25) is 0 Å². The third kappa shape index (κ3) is 2.73. The Morgan fingerprint density at radius 3 is 2.72 bits per heavy atom. The number of carbonyl (C=O) groups is 1. The summed E-state index contributed by atoms with van der Waals surface area (Å²) in [6.45, 7) is 2.26. The van der Waals surface area contributed by atoms with Gasteiger partial charge in [-0.1, -0.05) is 24.3 Å². The molecule has 1 heterocycles. The molecule has 0 unspecified atom stereocenters. The summed E-state index contributed by atoms with van der Waals surface area (Å²) in [7, 11) is 0. The van der Waals surface area contributed by atoms with E-state index in [4.69, 9.17) is 5.73 Å². The van der Waals surface area contributed by atoms with Crippen molar-refractivity contribution in [2.45, 2.75) is 13.5 Å². The molecular weight excluding hydrogens is 226 g/mol. The third-order valence-corrected chi connectivity index (χ3v) is 2.65. The molecule has 4 nitrogen and oxygen atoms in total. The average molecular weight is 241 g/mol. The summed E-state index contributed by atoms with van der Waals surface area (Å²) >= 11 is 0. The molecule has 0 spiro atoms. The number of hydrogen-bond donors (Lipinski definition) is 2. The summed E-state index contributed by atoms with van der Waals surface area (Å²) in [5.74, 6) is 0.362. The minimum atomic E-state index is -0.158. The first-order valence-corrected chi connectivity index (χ1v) is 5.73. The number of hydrogen-bond acceptors (Lipinski definition) is 3. The van der Waals surface area contributed by atoms with Gasteiger partial charge in [0.05, 0.1) is 5.69 Å². The number of amides is 1. The van der Waals surface area contributed by atoms with Gasteiger partial charge in [-0.3, -0.25) is 4.79 Å². The predicted molar refractivity (Wildman–Crippen MR) is 71.3 cm³/mol. The Hall–Kier alpha value is -2.20. The number of aryl methyl sites for hydroxylation is 1. The van der Waals surface area contributed by atoms with E-state index in [9.17, 15) is 4.79 Å². The zero-order valence-corrected chi connectivity index (χ0v) is 10.2. The lowest BCUT2D eigenvalue weighted by molar-refractivity contribution is 0.102. The lowest BCUT2D eigenvalue weighted by Crippen LogP contribution is -2.15. The Morgan fingerprint density at radius 2 is 2.00 bits per heavy atom. The highest BCUT2D eigenvalue weighted by Crippen LogP contribution is 2.11. The van der Waals surface area contributed by atoms with Crippen LogP contribution in [0.25, 0.3) is 0 Å². The number of nitrogens with zero attached hydrogens (tertiary/aromatic N) is 1. The SMILES string of the molecule is Cc1ccccc1C(=O)Nc1cccc(CN)n1. The van der Waals surface area contributed by atoms with Crippen molar-refractivity contribution in [1.82, 2.24) is 4.98 Å². The second-order valence-corrected chi connectivity index (χ2v) is 3.99. The number of aromatic nitrogens is 1. The quantitative estimate of drug-likeness (QED) is 0.864. The minimum Gasteiger partial charge on any atom is -0.325 e. The van der Waals surface area contributed by atoms with E-state index in [-0.39, 0.29) is 5.91 Å². The van der Waals surface area contributed by atoms with E-state index >= 15 is 0 Å². The van der Waals surface area contributed by atoms with Crippen LogP contribution in [0.4, 0.5) is 5.82 Å². The normalized spacial score (nSPS) is 10.1. The first-order valence-electron chi connectivity index (χ1n) is 5.73. The molecule has 1 aromatic carbocycles. The van der Waals surface area contributed by atoms with Gasteiger partial charge in [0.15, 0.2) is 0 Å². The van der Waals surface area contributed by atoms with Crippen molar-refractivity contribution in [1.29, 1.82) is 0 Å². The third-order valence-electron chi connectivity index (χ3n) is 2.65. The molecular formula is C14H15N3O. The largest absolute Gasteiger partial charge is 0.325 e. The van der Waals surface area contributed by atoms with E-state index in [1.54, 1.807) is 12.1 Å². The molecule has 0 saturated carbocycles. The molecule has 18 heavy (non-hydrogen) atoms. The van der Waals surface area contributed by atoms with Crippen LogP contribution in [-0.4, -0.2) is 10.9 Å². The molecule has 0 radical (unpaired) electrons. The number of anilines is 1. The van der Waals surface area contributed by atoms with Gasteiger partial charge >= 0.3 is 0 Å². The number of benzene rings is 1. The van der Waals surface area contributed by atoms with Crippen LogP contribution in [0, 0.1) is 6.92 Å². The van der Waals surface area contributed by atoms with Crippen LogP contribution in [-0.2, 0) is 6.54 Å². The van der Waals surface area contributed by atoms with Gasteiger partial charge in [-0.25, -0.2) is 4.98 Å². The lowest BCUT2D eigenvalue weighted by Gasteiger charge is -2.07. The van der Waals surface area contributed by atoms with Crippen LogP contribution in [0.15, 0.2) is 42.5 Å². The van der Waals surface area contributed by atoms with Gasteiger partial charge < -0.3 is 11.1 Å². The lowest BCUT2D eigenvalue weighted by atomic mass is 10.1. The van der Waals surface area contributed by atoms with Gasteiger partial charge in [-0.2, -0.15) is 0 Å². The molecule has 92 valence electrons. The van der Waals surface area contributed by atoms with Crippen molar-refractivity contribution >= 4 is 11.7 Å². The molecule has 0 bridgehead atoms. The van der Waals surface area contributed by atoms with E-state index in [2.05, 4.69) is 10.3 Å². The molecule has 4 heteroatoms. The number of rotatable bonds is 3. The van der Waals surface area contributed by atoms with Gasteiger partial charge in [0, 0.05) is 12.1 Å². The molecule has 0 aliphatic rings. The van der Waals surface area contributed by atoms with Crippen molar-refractivity contribution in [3.8, 4) is 0 Å². The van der Waals surface area contributed by atoms with Crippen LogP contribution >= 0.6 is 0 Å². The smallest absolute Gasteiger partial charge is 0.257 e. The van der Waals surface area contributed by atoms with Crippen molar-refractivity contribution in [3.63, 3.8) is 0 Å². The summed E-state index contributed by atoms with van der Waals surface area (Å²) < 4.78 is 0. The standard InChI is InChI=1S/C14H15N3O/c1-10-5-2-3-7-12(10)14(18)17-13-8-4-6-11(9-15)16-13/h2-8H,9,15H2,1H3,(H,16,17,18). The van der Waals surface area contributed by atoms with Crippen LogP contribution in [0.1, 0.15) is 21.6 Å². The Kier molecular flexibility index (Phi) is 3.69. The molecule has 0 fully saturated rings. The highest BCUT2D eigenvalue weighted by atomic mass is 16.1. The fraction of sp³-hybridized carbons (Fsp3) is 0.143. The molecule has 1 amide bonds. The maximum atomic E-state index is 12.1. The zero-order chi connectivity index (χ0) is 13.0. The monoisotopic (exact) mass is 241 g/mol. The molecule has 0 saturated heterocycles. The maximum Gasteiger partial charge on any atom is 0.257 e. The molecule has 0 atom stereocenters. The fourth-order valence-corrected chi connectivity index (χ4v) is 1.67. The Morgan fingerprint density at radius 1 is 1.22 bits per heavy atom. The van der Waals surface area contributed by atoms with Crippen LogP contribution in [0.3, 0.4) is 0 Å². The van der Waals surface area contributed by atoms with E-state index in [1.165, 1.54) is 0 Å². The number of carbonyl (C=O) groups excluding carboxylic acids is 1. The molecule has 3 N–H and O–H groups in total. The summed E-state index contributed by atoms with van der Waals surface area (Å²) in [4.78, 5) is 16.3. The van der Waals surface area contributed by atoms with E-state index in [0.717, 1.165) is 11.3 Å². The minimum absolute atomic E-state index is 0.158. The predicted octanol–water partition coefficient (Wildman–Crippen LogP) is 2.10. The van der Waals surface area contributed by atoms with Crippen molar-refractivity contribution in [2.75, 3.05) is 5.32 Å². The van der Waals surface area contributed by atoms with Crippen LogP contribution < -0.4 is 11.1 Å². The van der Waals surface area contributed by atoms with E-state index in [1.807, 2.05) is 37.3 Å². The molecule has 0 aliphatic heterocycles. The summed E-state index contributed by atoms with van der Waals surface area (Å²) in [6.07, 6.45) is 0. The Balaban J connectivity index is 2.19. The second kappa shape index (κ2) is 5.42. The number of pyridine rings is 1. The highest BCUT2D eigenvalue weighted by Gasteiger charge is 2.08. The zero-order valence-electron chi connectivity index (χ0n) is 10.2. The fourth-order valence-electron chi connectivity index (χ4n) is 1.67. The first kappa shape index (κ1) is 12.3. The van der Waals surface area contributed by atoms with Gasteiger partial charge in [-0.15, -0.1) is 0 Å². The summed E-state index contributed by atoms with van der Waals surface area (Å²) in [5.41, 5.74) is 7.84. The molecule has 2 aromatic rings. The molecule has 1 aromatic heterocycles. The van der Waals surface area contributed by atoms with Gasteiger partial charge in [0.25, 0.3) is 5.91 Å². The summed E-state index contributed by atoms with van der Waals surface area (Å²) in [5, 5.41) is 2.77. The average Bonchev–Trinajstić information content (AvgIpc) is 2.39. The van der Waals surface area contributed by atoms with Gasteiger partial charge in [0.1, 0.15) is 5.82 Å².